The maximum absolute atomic E-state index is 12.6. The fourth-order valence-electron chi connectivity index (χ4n) is 2.81. The number of nitrogens with one attached hydrogen (secondary N) is 2. The average molecular weight is 437 g/mol. The molecule has 0 spiro atoms. The summed E-state index contributed by atoms with van der Waals surface area (Å²) >= 11 is 0. The number of benzene rings is 2. The van der Waals surface area contributed by atoms with Gasteiger partial charge in [-0.2, -0.15) is 0 Å². The number of sulfonamides is 1. The van der Waals surface area contributed by atoms with Crippen LogP contribution in [-0.2, 0) is 16.4 Å². The molecule has 0 aliphatic carbocycles. The summed E-state index contributed by atoms with van der Waals surface area (Å²) in [5, 5.41) is 12.6. The Morgan fingerprint density at radius 3 is 2.40 bits per heavy atom. The first-order chi connectivity index (χ1) is 14.2. The van der Waals surface area contributed by atoms with E-state index in [1.54, 1.807) is 19.2 Å². The van der Waals surface area contributed by atoms with Crippen LogP contribution >= 0.6 is 0 Å². The molecule has 0 amide bonds. The molecule has 9 heteroatoms. The van der Waals surface area contributed by atoms with E-state index in [1.807, 2.05) is 19.9 Å². The maximum atomic E-state index is 12.6. The average Bonchev–Trinajstić information content (AvgIpc) is 2.73. The molecule has 0 aliphatic heterocycles. The number of hydrogen-bond donors (Lipinski definition) is 3. The standard InChI is InChI=1S/C21H28N2O6S/c1-5-14(2)23-18-8-7-16(13-17(18)21(24)25)30(26,27)22-11-10-15-6-9-19(28-3)20(12-15)29-4/h6-9,12-14,22-23H,5,10-11H2,1-4H3,(H,24,25)/t14-/m1/s1. The molecule has 164 valence electrons. The van der Waals surface area contributed by atoms with E-state index in [-0.39, 0.29) is 23.0 Å². The first-order valence-corrected chi connectivity index (χ1v) is 11.0. The van der Waals surface area contributed by atoms with Gasteiger partial charge < -0.3 is 19.9 Å². The smallest absolute Gasteiger partial charge is 0.337 e. The van der Waals surface area contributed by atoms with E-state index in [2.05, 4.69) is 10.0 Å². The van der Waals surface area contributed by atoms with Crippen molar-refractivity contribution in [3.05, 3.63) is 47.5 Å². The van der Waals surface area contributed by atoms with E-state index < -0.39 is 16.0 Å². The molecule has 0 bridgehead atoms. The highest BCUT2D eigenvalue weighted by atomic mass is 32.2. The predicted molar refractivity (Wildman–Crippen MR) is 115 cm³/mol. The minimum absolute atomic E-state index is 0.0603. The highest BCUT2D eigenvalue weighted by Gasteiger charge is 2.19. The van der Waals surface area contributed by atoms with E-state index in [4.69, 9.17) is 9.47 Å². The Kier molecular flexibility index (Phi) is 8.08. The molecule has 2 aromatic carbocycles. The highest BCUT2D eigenvalue weighted by Crippen LogP contribution is 2.27. The number of rotatable bonds is 11. The molecule has 0 saturated heterocycles. The van der Waals surface area contributed by atoms with Crippen molar-refractivity contribution in [2.24, 2.45) is 0 Å². The molecule has 2 rings (SSSR count). The van der Waals surface area contributed by atoms with Gasteiger partial charge in [0.1, 0.15) is 0 Å². The van der Waals surface area contributed by atoms with Crippen LogP contribution in [0, 0.1) is 0 Å². The van der Waals surface area contributed by atoms with Gasteiger partial charge in [0.15, 0.2) is 11.5 Å². The summed E-state index contributed by atoms with van der Waals surface area (Å²) in [5.41, 5.74) is 1.17. The van der Waals surface area contributed by atoms with Crippen LogP contribution in [0.15, 0.2) is 41.3 Å². The van der Waals surface area contributed by atoms with Gasteiger partial charge in [-0.05, 0) is 55.7 Å². The van der Waals surface area contributed by atoms with Crippen molar-refractivity contribution in [2.75, 3.05) is 26.1 Å². The van der Waals surface area contributed by atoms with Crippen molar-refractivity contribution in [3.63, 3.8) is 0 Å². The number of carbonyl (C=O) groups is 1. The fourth-order valence-corrected chi connectivity index (χ4v) is 3.87. The van der Waals surface area contributed by atoms with Crippen LogP contribution < -0.4 is 19.5 Å². The van der Waals surface area contributed by atoms with Gasteiger partial charge in [0.05, 0.1) is 24.7 Å². The van der Waals surface area contributed by atoms with Crippen LogP contribution in [0.4, 0.5) is 5.69 Å². The third-order valence-corrected chi connectivity index (χ3v) is 6.16. The van der Waals surface area contributed by atoms with Gasteiger partial charge in [-0.1, -0.05) is 13.0 Å². The zero-order valence-corrected chi connectivity index (χ0v) is 18.4. The third kappa shape index (κ3) is 5.87. The molecule has 0 radical (unpaired) electrons. The largest absolute Gasteiger partial charge is 0.493 e. The molecule has 3 N–H and O–H groups in total. The first-order valence-electron chi connectivity index (χ1n) is 9.56. The fraction of sp³-hybridized carbons (Fsp3) is 0.381. The highest BCUT2D eigenvalue weighted by molar-refractivity contribution is 7.89. The predicted octanol–water partition coefficient (Wildman–Crippen LogP) is 3.13. The normalized spacial score (nSPS) is 12.3. The summed E-state index contributed by atoms with van der Waals surface area (Å²) in [4.78, 5) is 11.5. The molecule has 30 heavy (non-hydrogen) atoms. The van der Waals surface area contributed by atoms with E-state index in [0.717, 1.165) is 12.0 Å². The maximum Gasteiger partial charge on any atom is 0.337 e. The molecular formula is C21H28N2O6S. The summed E-state index contributed by atoms with van der Waals surface area (Å²) in [6.45, 7) is 4.04. The Labute approximate surface area is 177 Å². The quantitative estimate of drug-likeness (QED) is 0.496. The zero-order chi connectivity index (χ0) is 22.3. The van der Waals surface area contributed by atoms with Crippen LogP contribution in [0.2, 0.25) is 0 Å². The van der Waals surface area contributed by atoms with Gasteiger partial charge in [-0.15, -0.1) is 0 Å². The molecule has 0 fully saturated rings. The minimum atomic E-state index is -3.86. The van der Waals surface area contributed by atoms with Crippen molar-refractivity contribution in [1.82, 2.24) is 4.72 Å². The lowest BCUT2D eigenvalue weighted by Gasteiger charge is -2.16. The van der Waals surface area contributed by atoms with Crippen molar-refractivity contribution >= 4 is 21.7 Å². The summed E-state index contributed by atoms with van der Waals surface area (Å²) < 4.78 is 38.2. The van der Waals surface area contributed by atoms with Gasteiger partial charge >= 0.3 is 5.97 Å². The second-order valence-electron chi connectivity index (χ2n) is 6.80. The zero-order valence-electron chi connectivity index (χ0n) is 17.6. The number of anilines is 1. The Bertz CT molecular complexity index is 991. The van der Waals surface area contributed by atoms with Gasteiger partial charge in [0.2, 0.25) is 10.0 Å². The Balaban J connectivity index is 2.13. The lowest BCUT2D eigenvalue weighted by Crippen LogP contribution is -2.26. The van der Waals surface area contributed by atoms with Gasteiger partial charge in [-0.25, -0.2) is 17.9 Å². The molecule has 0 aromatic heterocycles. The van der Waals surface area contributed by atoms with E-state index in [0.29, 0.717) is 23.6 Å². The first kappa shape index (κ1) is 23.5. The van der Waals surface area contributed by atoms with Gasteiger partial charge in [-0.3, -0.25) is 0 Å². The van der Waals surface area contributed by atoms with Gasteiger partial charge in [0, 0.05) is 18.3 Å². The summed E-state index contributed by atoms with van der Waals surface area (Å²) in [5.74, 6) is -0.0364. The Hall–Kier alpha value is -2.78. The van der Waals surface area contributed by atoms with E-state index >= 15 is 0 Å². The number of carboxylic acids is 1. The van der Waals surface area contributed by atoms with E-state index in [9.17, 15) is 18.3 Å². The van der Waals surface area contributed by atoms with Crippen molar-refractivity contribution in [2.45, 2.75) is 37.6 Å². The van der Waals surface area contributed by atoms with Gasteiger partial charge in [0.25, 0.3) is 0 Å². The van der Waals surface area contributed by atoms with Crippen LogP contribution in [0.3, 0.4) is 0 Å². The Morgan fingerprint density at radius 1 is 1.10 bits per heavy atom. The van der Waals surface area contributed by atoms with Crippen LogP contribution in [0.25, 0.3) is 0 Å². The molecule has 2 aromatic rings. The van der Waals surface area contributed by atoms with Crippen LogP contribution in [0.5, 0.6) is 11.5 Å². The molecule has 8 nitrogen and oxygen atoms in total. The topological polar surface area (TPSA) is 114 Å². The molecule has 0 heterocycles. The number of ether oxygens (including phenoxy) is 2. The number of aromatic carboxylic acids is 1. The third-order valence-electron chi connectivity index (χ3n) is 4.70. The van der Waals surface area contributed by atoms with Crippen molar-refractivity contribution in [3.8, 4) is 11.5 Å². The lowest BCUT2D eigenvalue weighted by atomic mass is 10.1. The van der Waals surface area contributed by atoms with Crippen molar-refractivity contribution in [1.29, 1.82) is 0 Å². The molecule has 0 saturated carbocycles. The SMILES string of the molecule is CC[C@@H](C)Nc1ccc(S(=O)(=O)NCCc2ccc(OC)c(OC)c2)cc1C(=O)O. The monoisotopic (exact) mass is 436 g/mol. The second-order valence-corrected chi connectivity index (χ2v) is 8.57. The second kappa shape index (κ2) is 10.3. The van der Waals surface area contributed by atoms with Crippen molar-refractivity contribution < 1.29 is 27.8 Å². The van der Waals surface area contributed by atoms with E-state index in [1.165, 1.54) is 25.3 Å². The molecule has 0 unspecified atom stereocenters. The van der Waals surface area contributed by atoms with Crippen LogP contribution in [-0.4, -0.2) is 46.3 Å². The number of carboxylic acid groups (broad SMARTS) is 1. The summed E-state index contributed by atoms with van der Waals surface area (Å²) in [6, 6.07) is 9.48. The molecular weight excluding hydrogens is 408 g/mol. The number of methoxy groups -OCH3 is 2. The summed E-state index contributed by atoms with van der Waals surface area (Å²) in [7, 11) is -0.789. The number of hydrogen-bond acceptors (Lipinski definition) is 6. The molecule has 0 aliphatic rings. The van der Waals surface area contributed by atoms with Crippen LogP contribution in [0.1, 0.15) is 36.2 Å². The Morgan fingerprint density at radius 2 is 1.80 bits per heavy atom. The lowest BCUT2D eigenvalue weighted by molar-refractivity contribution is 0.0697. The summed E-state index contributed by atoms with van der Waals surface area (Å²) in [6.07, 6.45) is 1.23. The molecule has 1 atom stereocenters. The minimum Gasteiger partial charge on any atom is -0.493 e.